The van der Waals surface area contributed by atoms with E-state index in [-0.39, 0.29) is 18.1 Å². The largest absolute Gasteiger partial charge is 0.342 e. The average Bonchev–Trinajstić information content (AvgIpc) is 2.84. The van der Waals surface area contributed by atoms with Gasteiger partial charge in [-0.2, -0.15) is 0 Å². The highest BCUT2D eigenvalue weighted by Crippen LogP contribution is 2.38. The van der Waals surface area contributed by atoms with Gasteiger partial charge in [-0.1, -0.05) is 18.2 Å². The molecule has 0 spiro atoms. The van der Waals surface area contributed by atoms with Gasteiger partial charge >= 0.3 is 0 Å². The molecule has 116 valence electrons. The fraction of sp³-hybridized carbons (Fsp3) is 0.0625. The normalized spacial score (nSPS) is 11.0. The third-order valence-corrected chi connectivity index (χ3v) is 4.56. The molecule has 0 atom stereocenters. The molecule has 23 heavy (non-hydrogen) atoms. The average molecular weight is 393 g/mol. The molecule has 0 saturated heterocycles. The first-order chi connectivity index (χ1) is 10.6. The van der Waals surface area contributed by atoms with Crippen LogP contribution in [0.3, 0.4) is 0 Å². The molecule has 2 aliphatic heterocycles. The van der Waals surface area contributed by atoms with Crippen molar-refractivity contribution in [1.29, 1.82) is 0 Å². The molecule has 0 amide bonds. The Bertz CT molecular complexity index is 1040. The Labute approximate surface area is 146 Å². The van der Waals surface area contributed by atoms with Crippen LogP contribution in [0.1, 0.15) is 0 Å². The predicted octanol–water partition coefficient (Wildman–Crippen LogP) is 4.92. The molecule has 7 heteroatoms. The number of benzene rings is 2. The molecule has 4 rings (SSSR count). The zero-order valence-corrected chi connectivity index (χ0v) is 14.4. The SMILES string of the molecule is Cl.Cn1c2c3cc(Br)c([N+](=O)[O-])cc3nc-2cc2ccccc21. The molecule has 0 unspecified atom stereocenters. The molecule has 0 aliphatic carbocycles. The topological polar surface area (TPSA) is 61.0 Å². The molecule has 2 aromatic carbocycles. The minimum atomic E-state index is -0.403. The second-order valence-electron chi connectivity index (χ2n) is 5.19. The number of nitro groups is 1. The van der Waals surface area contributed by atoms with Gasteiger partial charge in [-0.15, -0.1) is 12.4 Å². The van der Waals surface area contributed by atoms with Crippen LogP contribution in [0.5, 0.6) is 0 Å². The summed E-state index contributed by atoms with van der Waals surface area (Å²) in [5, 5.41) is 13.1. The van der Waals surface area contributed by atoms with Crippen molar-refractivity contribution in [1.82, 2.24) is 9.55 Å². The lowest BCUT2D eigenvalue weighted by atomic mass is 10.1. The number of aryl methyl sites for hydroxylation is 1. The van der Waals surface area contributed by atoms with Crippen LogP contribution in [-0.2, 0) is 7.05 Å². The van der Waals surface area contributed by atoms with Gasteiger partial charge in [0.2, 0.25) is 0 Å². The molecule has 2 aromatic rings. The molecule has 2 aliphatic rings. The van der Waals surface area contributed by atoms with E-state index in [9.17, 15) is 10.1 Å². The number of halogens is 2. The van der Waals surface area contributed by atoms with Gasteiger partial charge in [0.15, 0.2) is 0 Å². The monoisotopic (exact) mass is 391 g/mol. The van der Waals surface area contributed by atoms with Crippen LogP contribution in [0.4, 0.5) is 5.69 Å². The molecular weight excluding hydrogens is 382 g/mol. The summed E-state index contributed by atoms with van der Waals surface area (Å²) in [6.45, 7) is 0. The van der Waals surface area contributed by atoms with Gasteiger partial charge in [-0.25, -0.2) is 4.98 Å². The summed E-state index contributed by atoms with van der Waals surface area (Å²) >= 11 is 3.28. The van der Waals surface area contributed by atoms with Crippen LogP contribution in [-0.4, -0.2) is 14.5 Å². The second kappa shape index (κ2) is 5.47. The number of nitrogens with zero attached hydrogens (tertiary/aromatic N) is 3. The summed E-state index contributed by atoms with van der Waals surface area (Å²) in [6, 6.07) is 13.4. The molecule has 0 fully saturated rings. The lowest BCUT2D eigenvalue weighted by Gasteiger charge is -2.11. The van der Waals surface area contributed by atoms with E-state index in [1.165, 1.54) is 6.07 Å². The van der Waals surface area contributed by atoms with Crippen molar-refractivity contribution >= 4 is 55.8 Å². The smallest absolute Gasteiger partial charge is 0.285 e. The Kier molecular flexibility index (Phi) is 3.74. The van der Waals surface area contributed by atoms with E-state index < -0.39 is 4.92 Å². The first-order valence-corrected chi connectivity index (χ1v) is 7.47. The van der Waals surface area contributed by atoms with E-state index in [0.29, 0.717) is 9.99 Å². The van der Waals surface area contributed by atoms with Gasteiger partial charge in [0.1, 0.15) is 0 Å². The maximum absolute atomic E-state index is 11.1. The summed E-state index contributed by atoms with van der Waals surface area (Å²) in [5.41, 5.74) is 3.57. The fourth-order valence-electron chi connectivity index (χ4n) is 2.93. The molecule has 0 aromatic heterocycles. The Morgan fingerprint density at radius 2 is 1.96 bits per heavy atom. The maximum Gasteiger partial charge on any atom is 0.285 e. The van der Waals surface area contributed by atoms with E-state index in [2.05, 4.69) is 25.5 Å². The van der Waals surface area contributed by atoms with Gasteiger partial charge in [0.25, 0.3) is 5.69 Å². The number of rotatable bonds is 1. The maximum atomic E-state index is 11.1. The highest BCUT2D eigenvalue weighted by molar-refractivity contribution is 9.10. The number of para-hydroxylation sites is 1. The van der Waals surface area contributed by atoms with Crippen molar-refractivity contribution in [2.24, 2.45) is 7.05 Å². The second-order valence-corrected chi connectivity index (χ2v) is 6.04. The van der Waals surface area contributed by atoms with Crippen molar-refractivity contribution in [3.05, 3.63) is 57.1 Å². The number of aromatic nitrogens is 2. The molecule has 2 heterocycles. The first kappa shape index (κ1) is 15.7. The summed E-state index contributed by atoms with van der Waals surface area (Å²) in [4.78, 5) is 15.2. The van der Waals surface area contributed by atoms with Gasteiger partial charge in [0.05, 0.1) is 26.3 Å². The molecule has 0 radical (unpaired) electrons. The minimum absolute atomic E-state index is 0. The minimum Gasteiger partial charge on any atom is -0.342 e. The number of pyridine rings is 1. The van der Waals surface area contributed by atoms with Crippen molar-refractivity contribution < 1.29 is 4.92 Å². The Morgan fingerprint density at radius 3 is 2.70 bits per heavy atom. The van der Waals surface area contributed by atoms with E-state index in [0.717, 1.165) is 27.7 Å². The van der Waals surface area contributed by atoms with Crippen molar-refractivity contribution in [3.63, 3.8) is 0 Å². The zero-order valence-electron chi connectivity index (χ0n) is 12.0. The third kappa shape index (κ3) is 2.26. The molecule has 0 saturated carbocycles. The highest BCUT2D eigenvalue weighted by atomic mass is 79.9. The van der Waals surface area contributed by atoms with E-state index in [1.807, 2.05) is 37.4 Å². The standard InChI is InChI=1S/C16H10BrN3O2.ClH/c1-19-14-5-3-2-4-9(14)6-13-16(19)10-7-11(17)15(20(21)22)8-12(10)18-13;/h2-8H,1H3;1H. The van der Waals surface area contributed by atoms with E-state index >= 15 is 0 Å². The van der Waals surface area contributed by atoms with Crippen LogP contribution >= 0.6 is 28.3 Å². The zero-order chi connectivity index (χ0) is 15.4. The number of hydrogen-bond donors (Lipinski definition) is 0. The number of fused-ring (bicyclic) bond motifs is 4. The highest BCUT2D eigenvalue weighted by Gasteiger charge is 2.21. The number of hydrogen-bond acceptors (Lipinski definition) is 3. The Balaban J connectivity index is 0.00000156. The van der Waals surface area contributed by atoms with E-state index in [4.69, 9.17) is 0 Å². The van der Waals surface area contributed by atoms with Crippen LogP contribution < -0.4 is 0 Å². The van der Waals surface area contributed by atoms with Gasteiger partial charge < -0.3 is 4.57 Å². The molecule has 5 nitrogen and oxygen atoms in total. The first-order valence-electron chi connectivity index (χ1n) is 6.68. The molecule has 0 N–H and O–H groups in total. The lowest BCUT2D eigenvalue weighted by molar-refractivity contribution is -0.385. The van der Waals surface area contributed by atoms with Crippen LogP contribution in [0.2, 0.25) is 0 Å². The predicted molar refractivity (Wildman–Crippen MR) is 96.4 cm³/mol. The van der Waals surface area contributed by atoms with Crippen molar-refractivity contribution in [2.45, 2.75) is 0 Å². The Hall–Kier alpha value is -2.18. The lowest BCUT2D eigenvalue weighted by Crippen LogP contribution is -1.98. The summed E-state index contributed by atoms with van der Waals surface area (Å²) in [6.07, 6.45) is 0. The summed E-state index contributed by atoms with van der Waals surface area (Å²) in [5.74, 6) is 0. The van der Waals surface area contributed by atoms with Crippen LogP contribution in [0, 0.1) is 10.1 Å². The van der Waals surface area contributed by atoms with Crippen LogP contribution in [0.25, 0.3) is 33.2 Å². The molecule has 0 bridgehead atoms. The van der Waals surface area contributed by atoms with Gasteiger partial charge in [-0.05, 0) is 34.1 Å². The Morgan fingerprint density at radius 1 is 1.22 bits per heavy atom. The molecular formula is C16H11BrClN3O2. The van der Waals surface area contributed by atoms with Crippen molar-refractivity contribution in [3.8, 4) is 11.4 Å². The van der Waals surface area contributed by atoms with Crippen LogP contribution in [0.15, 0.2) is 46.9 Å². The van der Waals surface area contributed by atoms with Crippen molar-refractivity contribution in [2.75, 3.05) is 0 Å². The number of nitro benzene ring substituents is 1. The van der Waals surface area contributed by atoms with Gasteiger partial charge in [-0.3, -0.25) is 10.1 Å². The third-order valence-electron chi connectivity index (χ3n) is 3.93. The van der Waals surface area contributed by atoms with E-state index in [1.54, 1.807) is 6.07 Å². The summed E-state index contributed by atoms with van der Waals surface area (Å²) in [7, 11) is 1.99. The van der Waals surface area contributed by atoms with Gasteiger partial charge in [0, 0.05) is 29.4 Å². The quantitative estimate of drug-likeness (QED) is 0.341. The summed E-state index contributed by atoms with van der Waals surface area (Å²) < 4.78 is 2.55. The fourth-order valence-corrected chi connectivity index (χ4v) is 3.42.